The molecule has 0 bridgehead atoms. The van der Waals surface area contributed by atoms with Gasteiger partial charge >= 0.3 is 0 Å². The van der Waals surface area contributed by atoms with Crippen LogP contribution in [0.25, 0.3) is 10.9 Å². The highest BCUT2D eigenvalue weighted by molar-refractivity contribution is 6.03. The van der Waals surface area contributed by atoms with Gasteiger partial charge in [0.05, 0.1) is 11.8 Å². The second-order valence-electron chi connectivity index (χ2n) is 6.21. The van der Waals surface area contributed by atoms with E-state index in [4.69, 9.17) is 0 Å². The van der Waals surface area contributed by atoms with Crippen molar-refractivity contribution in [2.45, 2.75) is 19.4 Å². The maximum absolute atomic E-state index is 12.2. The lowest BCUT2D eigenvalue weighted by Crippen LogP contribution is -2.24. The second-order valence-corrected chi connectivity index (χ2v) is 6.21. The Bertz CT molecular complexity index is 940. The largest absolute Gasteiger partial charge is 0.350 e. The summed E-state index contributed by atoms with van der Waals surface area (Å²) >= 11 is 0. The van der Waals surface area contributed by atoms with Gasteiger partial charge in [-0.3, -0.25) is 4.79 Å². The number of nitrogens with zero attached hydrogens (tertiary/aromatic N) is 3. The van der Waals surface area contributed by atoms with E-state index in [-0.39, 0.29) is 11.9 Å². The fourth-order valence-electron chi connectivity index (χ4n) is 3.49. The monoisotopic (exact) mass is 317 g/mol. The van der Waals surface area contributed by atoms with Gasteiger partial charge in [0.15, 0.2) is 0 Å². The van der Waals surface area contributed by atoms with Crippen molar-refractivity contribution >= 4 is 22.5 Å². The van der Waals surface area contributed by atoms with Gasteiger partial charge in [-0.15, -0.1) is 0 Å². The first-order valence-electron chi connectivity index (χ1n) is 8.12. The third kappa shape index (κ3) is 2.31. The first kappa shape index (κ1) is 14.7. The van der Waals surface area contributed by atoms with Gasteiger partial charge in [-0.2, -0.15) is 5.10 Å². The smallest absolute Gasteiger partial charge is 0.240 e. The van der Waals surface area contributed by atoms with Crippen molar-refractivity contribution in [3.8, 4) is 0 Å². The average molecular weight is 317 g/mol. The molecule has 0 unspecified atom stereocenters. The van der Waals surface area contributed by atoms with Crippen molar-refractivity contribution in [2.75, 3.05) is 0 Å². The minimum Gasteiger partial charge on any atom is -0.350 e. The van der Waals surface area contributed by atoms with Crippen LogP contribution in [0.5, 0.6) is 0 Å². The Morgan fingerprint density at radius 1 is 1.08 bits per heavy atom. The van der Waals surface area contributed by atoms with Gasteiger partial charge in [0, 0.05) is 43.1 Å². The highest BCUT2D eigenvalue weighted by Crippen LogP contribution is 2.37. The van der Waals surface area contributed by atoms with Crippen LogP contribution < -0.4 is 0 Å². The lowest BCUT2D eigenvalue weighted by molar-refractivity contribution is -0.130. The third-order valence-electron chi connectivity index (χ3n) is 4.63. The Balaban J connectivity index is 1.79. The standard InChI is InChI=1S/C20H19N3O/c1-14(24)23-20(12-18(21-23)15-8-4-3-5-9-15)17-13-22(2)19-11-7-6-10-16(17)19/h3-11,13,20H,12H2,1-2H3/t20-/m0/s1. The van der Waals surface area contributed by atoms with Crippen molar-refractivity contribution in [3.63, 3.8) is 0 Å². The van der Waals surface area contributed by atoms with Crippen LogP contribution in [0.15, 0.2) is 65.9 Å². The van der Waals surface area contributed by atoms with Crippen LogP contribution >= 0.6 is 0 Å². The fraction of sp³-hybridized carbons (Fsp3) is 0.200. The molecule has 0 radical (unpaired) electrons. The van der Waals surface area contributed by atoms with Crippen LogP contribution in [0.4, 0.5) is 0 Å². The summed E-state index contributed by atoms with van der Waals surface area (Å²) in [6.07, 6.45) is 2.85. The second kappa shape index (κ2) is 5.64. The number of fused-ring (bicyclic) bond motifs is 1. The maximum atomic E-state index is 12.2. The van der Waals surface area contributed by atoms with Crippen LogP contribution in [-0.2, 0) is 11.8 Å². The van der Waals surface area contributed by atoms with E-state index in [2.05, 4.69) is 28.0 Å². The highest BCUT2D eigenvalue weighted by Gasteiger charge is 2.33. The average Bonchev–Trinajstić information content (AvgIpc) is 3.18. The summed E-state index contributed by atoms with van der Waals surface area (Å²) in [7, 11) is 2.04. The van der Waals surface area contributed by atoms with Gasteiger partial charge in [0.25, 0.3) is 0 Å². The molecule has 24 heavy (non-hydrogen) atoms. The van der Waals surface area contributed by atoms with Crippen LogP contribution in [0.1, 0.15) is 30.5 Å². The first-order valence-corrected chi connectivity index (χ1v) is 8.12. The molecule has 4 nitrogen and oxygen atoms in total. The molecular formula is C20H19N3O. The Morgan fingerprint density at radius 3 is 2.54 bits per heavy atom. The molecule has 0 fully saturated rings. The van der Waals surface area contributed by atoms with Gasteiger partial charge in [0.1, 0.15) is 0 Å². The van der Waals surface area contributed by atoms with E-state index >= 15 is 0 Å². The summed E-state index contributed by atoms with van der Waals surface area (Å²) in [6, 6.07) is 18.3. The number of hydrogen-bond donors (Lipinski definition) is 0. The summed E-state index contributed by atoms with van der Waals surface area (Å²) in [5.41, 5.74) is 4.36. The van der Waals surface area contributed by atoms with Crippen molar-refractivity contribution < 1.29 is 4.79 Å². The Morgan fingerprint density at radius 2 is 1.79 bits per heavy atom. The summed E-state index contributed by atoms with van der Waals surface area (Å²) in [4.78, 5) is 12.2. The molecule has 1 aliphatic rings. The normalized spacial score (nSPS) is 17.3. The van der Waals surface area contributed by atoms with E-state index < -0.39 is 0 Å². The number of benzene rings is 2. The van der Waals surface area contributed by atoms with Crippen LogP contribution in [0.3, 0.4) is 0 Å². The summed E-state index contributed by atoms with van der Waals surface area (Å²) < 4.78 is 2.11. The summed E-state index contributed by atoms with van der Waals surface area (Å²) in [5, 5.41) is 7.43. The SMILES string of the molecule is CC(=O)N1N=C(c2ccccc2)C[C@H]1c1cn(C)c2ccccc12. The molecule has 4 rings (SSSR count). The van der Waals surface area contributed by atoms with Gasteiger partial charge in [-0.1, -0.05) is 48.5 Å². The number of aromatic nitrogens is 1. The van der Waals surface area contributed by atoms with Crippen LogP contribution in [-0.4, -0.2) is 21.2 Å². The van der Waals surface area contributed by atoms with E-state index in [1.165, 1.54) is 10.9 Å². The van der Waals surface area contributed by atoms with Crippen molar-refractivity contribution in [2.24, 2.45) is 12.1 Å². The van der Waals surface area contributed by atoms with E-state index in [9.17, 15) is 4.79 Å². The summed E-state index contributed by atoms with van der Waals surface area (Å²) in [5.74, 6) is -0.0288. The predicted octanol–water partition coefficient (Wildman–Crippen LogP) is 3.88. The van der Waals surface area contributed by atoms with Crippen LogP contribution in [0.2, 0.25) is 0 Å². The maximum Gasteiger partial charge on any atom is 0.240 e. The molecule has 4 heteroatoms. The molecule has 0 spiro atoms. The molecule has 3 aromatic rings. The Kier molecular flexibility index (Phi) is 3.45. The van der Waals surface area contributed by atoms with E-state index in [1.54, 1.807) is 11.9 Å². The fourth-order valence-corrected chi connectivity index (χ4v) is 3.49. The Labute approximate surface area is 141 Å². The number of hydrogen-bond acceptors (Lipinski definition) is 2. The molecule has 0 saturated carbocycles. The van der Waals surface area contributed by atoms with E-state index in [0.29, 0.717) is 0 Å². The summed E-state index contributed by atoms with van der Waals surface area (Å²) in [6.45, 7) is 1.58. The number of aryl methyl sites for hydroxylation is 1. The number of para-hydroxylation sites is 1. The molecular weight excluding hydrogens is 298 g/mol. The van der Waals surface area contributed by atoms with E-state index in [1.807, 2.05) is 49.5 Å². The molecule has 2 heterocycles. The van der Waals surface area contributed by atoms with Gasteiger partial charge in [-0.25, -0.2) is 5.01 Å². The van der Waals surface area contributed by atoms with Gasteiger partial charge < -0.3 is 4.57 Å². The quantitative estimate of drug-likeness (QED) is 0.707. The molecule has 1 aromatic heterocycles. The van der Waals surface area contributed by atoms with Gasteiger partial charge in [0.2, 0.25) is 5.91 Å². The number of rotatable bonds is 2. The van der Waals surface area contributed by atoms with Crippen molar-refractivity contribution in [1.82, 2.24) is 9.58 Å². The lowest BCUT2D eigenvalue weighted by Gasteiger charge is -2.19. The van der Waals surface area contributed by atoms with Crippen LogP contribution in [0, 0.1) is 0 Å². The van der Waals surface area contributed by atoms with Crippen molar-refractivity contribution in [1.29, 1.82) is 0 Å². The molecule has 1 atom stereocenters. The third-order valence-corrected chi connectivity index (χ3v) is 4.63. The van der Waals surface area contributed by atoms with E-state index in [0.717, 1.165) is 23.3 Å². The zero-order chi connectivity index (χ0) is 16.7. The highest BCUT2D eigenvalue weighted by atomic mass is 16.2. The molecule has 0 N–H and O–H groups in total. The zero-order valence-electron chi connectivity index (χ0n) is 13.8. The minimum atomic E-state index is -0.0520. The first-order chi connectivity index (χ1) is 11.6. The van der Waals surface area contributed by atoms with Crippen molar-refractivity contribution in [3.05, 3.63) is 71.9 Å². The molecule has 2 aromatic carbocycles. The molecule has 0 saturated heterocycles. The number of carbonyl (C=O) groups excluding carboxylic acids is 1. The molecule has 1 aliphatic heterocycles. The number of hydrazone groups is 1. The zero-order valence-corrected chi connectivity index (χ0v) is 13.8. The predicted molar refractivity (Wildman–Crippen MR) is 95.8 cm³/mol. The Hall–Kier alpha value is -2.88. The van der Waals surface area contributed by atoms with Gasteiger partial charge in [-0.05, 0) is 11.6 Å². The molecule has 0 aliphatic carbocycles. The molecule has 120 valence electrons. The topological polar surface area (TPSA) is 37.6 Å². The number of carbonyl (C=O) groups is 1. The minimum absolute atomic E-state index is 0.0288. The number of amides is 1. The lowest BCUT2D eigenvalue weighted by atomic mass is 9.98. The molecule has 1 amide bonds.